The number of ether oxygens (including phenoxy) is 1. The van der Waals surface area contributed by atoms with Crippen molar-refractivity contribution in [3.05, 3.63) is 30.2 Å². The van der Waals surface area contributed by atoms with Crippen LogP contribution < -0.4 is 15.4 Å². The number of hydrogen-bond acceptors (Lipinski definition) is 6. The molecule has 10 heteroatoms. The van der Waals surface area contributed by atoms with Crippen molar-refractivity contribution in [3.8, 4) is 17.1 Å². The van der Waals surface area contributed by atoms with Gasteiger partial charge in [0.1, 0.15) is 11.8 Å². The largest absolute Gasteiger partial charge is 0.496 e. The van der Waals surface area contributed by atoms with Crippen molar-refractivity contribution in [1.82, 2.24) is 20.8 Å². The van der Waals surface area contributed by atoms with E-state index in [1.54, 1.807) is 19.1 Å². The Labute approximate surface area is 154 Å². The van der Waals surface area contributed by atoms with Crippen LogP contribution >= 0.6 is 12.4 Å². The van der Waals surface area contributed by atoms with Gasteiger partial charge in [-0.25, -0.2) is 8.78 Å². The van der Waals surface area contributed by atoms with Crippen LogP contribution in [-0.2, 0) is 4.79 Å². The Bertz CT molecular complexity index is 771. The van der Waals surface area contributed by atoms with E-state index < -0.39 is 36.9 Å². The molecule has 2 atom stereocenters. The van der Waals surface area contributed by atoms with Crippen LogP contribution in [0, 0.1) is 0 Å². The van der Waals surface area contributed by atoms with Crippen LogP contribution in [-0.4, -0.2) is 41.7 Å². The molecule has 0 bridgehead atoms. The lowest BCUT2D eigenvalue weighted by molar-refractivity contribution is -0.124. The van der Waals surface area contributed by atoms with Crippen LogP contribution in [0.3, 0.4) is 0 Å². The molecule has 0 radical (unpaired) electrons. The summed E-state index contributed by atoms with van der Waals surface area (Å²) < 4.78 is 36.8. The number of nitrogens with zero attached hydrogens (tertiary/aromatic N) is 2. The summed E-state index contributed by atoms with van der Waals surface area (Å²) in [6.45, 7) is 1.14. The van der Waals surface area contributed by atoms with E-state index in [1.165, 1.54) is 7.11 Å². The number of methoxy groups -OCH3 is 1. The van der Waals surface area contributed by atoms with Crippen LogP contribution in [0.4, 0.5) is 8.78 Å². The highest BCUT2D eigenvalue weighted by molar-refractivity contribution is 5.85. The molecule has 1 fully saturated rings. The van der Waals surface area contributed by atoms with Crippen molar-refractivity contribution in [2.45, 2.75) is 31.4 Å². The third-order valence-electron chi connectivity index (χ3n) is 3.95. The minimum atomic E-state index is -2.87. The van der Waals surface area contributed by atoms with E-state index in [1.807, 2.05) is 12.1 Å². The fraction of sp³-hybridized carbons (Fsp3) is 0.438. The highest BCUT2D eigenvalue weighted by atomic mass is 35.5. The average Bonchev–Trinajstić information content (AvgIpc) is 3.21. The second-order valence-electron chi connectivity index (χ2n) is 5.88. The van der Waals surface area contributed by atoms with Crippen molar-refractivity contribution < 1.29 is 22.8 Å². The molecule has 0 spiro atoms. The number of amides is 1. The first-order valence-corrected chi connectivity index (χ1v) is 7.78. The van der Waals surface area contributed by atoms with Gasteiger partial charge in [-0.15, -0.1) is 12.4 Å². The maximum Gasteiger partial charge on any atom is 0.262 e. The highest BCUT2D eigenvalue weighted by Crippen LogP contribution is 2.28. The molecule has 2 aromatic rings. The molecule has 7 nitrogen and oxygen atoms in total. The number of halogens is 3. The van der Waals surface area contributed by atoms with E-state index in [2.05, 4.69) is 20.8 Å². The van der Waals surface area contributed by atoms with Gasteiger partial charge in [-0.3, -0.25) is 10.1 Å². The van der Waals surface area contributed by atoms with E-state index >= 15 is 0 Å². The van der Waals surface area contributed by atoms with E-state index in [0.29, 0.717) is 17.1 Å². The van der Waals surface area contributed by atoms with E-state index in [4.69, 9.17) is 9.26 Å². The maximum absolute atomic E-state index is 13.2. The number of benzene rings is 1. The summed E-state index contributed by atoms with van der Waals surface area (Å²) in [7, 11) is 1.53. The maximum atomic E-state index is 13.2. The van der Waals surface area contributed by atoms with E-state index in [-0.39, 0.29) is 18.3 Å². The first-order chi connectivity index (χ1) is 11.9. The first kappa shape index (κ1) is 20.1. The number of nitrogens with one attached hydrogen (secondary N) is 2. The molecule has 2 N–H and O–H groups in total. The molecular formula is C16H19ClF2N4O3. The summed E-state index contributed by atoms with van der Waals surface area (Å²) in [6, 6.07) is 5.62. The fourth-order valence-corrected chi connectivity index (χ4v) is 2.63. The van der Waals surface area contributed by atoms with Gasteiger partial charge in [-0.05, 0) is 19.1 Å². The molecule has 0 aliphatic carbocycles. The third kappa shape index (κ3) is 4.28. The monoisotopic (exact) mass is 388 g/mol. The van der Waals surface area contributed by atoms with Gasteiger partial charge in [-0.2, -0.15) is 4.98 Å². The number of carbonyl (C=O) groups excluding carboxylic acids is 1. The van der Waals surface area contributed by atoms with Crippen LogP contribution in [0.5, 0.6) is 5.75 Å². The predicted octanol–water partition coefficient (Wildman–Crippen LogP) is 2.34. The van der Waals surface area contributed by atoms with Crippen molar-refractivity contribution in [2.24, 2.45) is 0 Å². The van der Waals surface area contributed by atoms with Crippen LogP contribution in [0.2, 0.25) is 0 Å². The summed E-state index contributed by atoms with van der Waals surface area (Å²) in [5, 5.41) is 9.00. The van der Waals surface area contributed by atoms with Gasteiger partial charge in [0, 0.05) is 6.42 Å². The van der Waals surface area contributed by atoms with Gasteiger partial charge in [0.15, 0.2) is 0 Å². The predicted molar refractivity (Wildman–Crippen MR) is 91.4 cm³/mol. The second-order valence-corrected chi connectivity index (χ2v) is 5.88. The zero-order valence-electron chi connectivity index (χ0n) is 14.2. The van der Waals surface area contributed by atoms with Crippen LogP contribution in [0.15, 0.2) is 28.8 Å². The lowest BCUT2D eigenvalue weighted by atomic mass is 10.1. The molecular weight excluding hydrogens is 370 g/mol. The van der Waals surface area contributed by atoms with Gasteiger partial charge in [-0.1, -0.05) is 17.3 Å². The number of rotatable bonds is 5. The quantitative estimate of drug-likeness (QED) is 0.817. The molecule has 1 aliphatic heterocycles. The topological polar surface area (TPSA) is 89.3 Å². The molecule has 1 aliphatic rings. The number of carbonyl (C=O) groups is 1. The fourth-order valence-electron chi connectivity index (χ4n) is 2.63. The minimum absolute atomic E-state index is 0. The Morgan fingerprint density at radius 2 is 2.19 bits per heavy atom. The first-order valence-electron chi connectivity index (χ1n) is 7.78. The Balaban J connectivity index is 0.00000243. The average molecular weight is 389 g/mol. The molecule has 0 saturated carbocycles. The summed E-state index contributed by atoms with van der Waals surface area (Å²) in [5.41, 5.74) is 0.649. The lowest BCUT2D eigenvalue weighted by Crippen LogP contribution is -2.41. The number of hydrogen-bond donors (Lipinski definition) is 2. The summed E-state index contributed by atoms with van der Waals surface area (Å²) in [4.78, 5) is 16.3. The molecule has 3 rings (SSSR count). The molecule has 2 heterocycles. The third-order valence-corrected chi connectivity index (χ3v) is 3.95. The van der Waals surface area contributed by atoms with Gasteiger partial charge in [0.05, 0.1) is 25.3 Å². The zero-order chi connectivity index (χ0) is 18.0. The molecule has 26 heavy (non-hydrogen) atoms. The van der Waals surface area contributed by atoms with Crippen LogP contribution in [0.1, 0.15) is 25.3 Å². The molecule has 2 unspecified atom stereocenters. The minimum Gasteiger partial charge on any atom is -0.496 e. The Morgan fingerprint density at radius 1 is 1.46 bits per heavy atom. The molecule has 142 valence electrons. The zero-order valence-corrected chi connectivity index (χ0v) is 15.0. The van der Waals surface area contributed by atoms with E-state index in [0.717, 1.165) is 0 Å². The highest BCUT2D eigenvalue weighted by Gasteiger charge is 2.42. The van der Waals surface area contributed by atoms with Crippen molar-refractivity contribution in [1.29, 1.82) is 0 Å². The number of aromatic nitrogens is 2. The van der Waals surface area contributed by atoms with Crippen molar-refractivity contribution >= 4 is 18.3 Å². The molecule has 1 aromatic heterocycles. The normalized spacial score (nSPS) is 19.5. The summed E-state index contributed by atoms with van der Waals surface area (Å²) >= 11 is 0. The molecule has 1 amide bonds. The van der Waals surface area contributed by atoms with Crippen molar-refractivity contribution in [3.63, 3.8) is 0 Å². The SMILES string of the molecule is COc1ccccc1-c1noc(C(C)NC(=O)C2CC(F)(F)CN2)n1.Cl. The van der Waals surface area contributed by atoms with Gasteiger partial charge < -0.3 is 14.6 Å². The smallest absolute Gasteiger partial charge is 0.262 e. The van der Waals surface area contributed by atoms with E-state index in [9.17, 15) is 13.6 Å². The molecule has 1 aromatic carbocycles. The van der Waals surface area contributed by atoms with Gasteiger partial charge in [0.2, 0.25) is 17.6 Å². The summed E-state index contributed by atoms with van der Waals surface area (Å²) in [6.07, 6.45) is -0.526. The van der Waals surface area contributed by atoms with Gasteiger partial charge >= 0.3 is 0 Å². The van der Waals surface area contributed by atoms with Gasteiger partial charge in [0.25, 0.3) is 5.92 Å². The lowest BCUT2D eigenvalue weighted by Gasteiger charge is -2.14. The summed E-state index contributed by atoms with van der Waals surface area (Å²) in [5.74, 6) is -2.31. The second kappa shape index (κ2) is 7.96. The Kier molecular flexibility index (Phi) is 6.14. The van der Waals surface area contributed by atoms with Crippen molar-refractivity contribution in [2.75, 3.05) is 13.7 Å². The number of alkyl halides is 2. The number of para-hydroxylation sites is 1. The Hall–Kier alpha value is -2.26. The molecule has 1 saturated heterocycles. The van der Waals surface area contributed by atoms with Crippen LogP contribution in [0.25, 0.3) is 11.4 Å². The Morgan fingerprint density at radius 3 is 2.85 bits per heavy atom. The standard InChI is InChI=1S/C16H18F2N4O3.ClH/c1-9(20-14(23)11-7-16(17,18)8-19-11)15-21-13(22-25-15)10-5-3-4-6-12(10)24-2;/h3-6,9,11,19H,7-8H2,1-2H3,(H,20,23);1H.